The van der Waals surface area contributed by atoms with Crippen LogP contribution in [0.3, 0.4) is 0 Å². The molecule has 1 aromatic heterocycles. The van der Waals surface area contributed by atoms with Crippen LogP contribution >= 0.6 is 11.3 Å². The third-order valence-electron chi connectivity index (χ3n) is 2.98. The highest BCUT2D eigenvalue weighted by Crippen LogP contribution is 2.44. The molecule has 0 amide bonds. The van der Waals surface area contributed by atoms with Gasteiger partial charge in [0.05, 0.1) is 0 Å². The smallest absolute Gasteiger partial charge is 0.0300 e. The Morgan fingerprint density at radius 3 is 2.92 bits per heavy atom. The molecule has 1 aromatic rings. The number of nitrogens with one attached hydrogen (secondary N) is 1. The third-order valence-corrected chi connectivity index (χ3v) is 3.68. The van der Waals surface area contributed by atoms with E-state index in [9.17, 15) is 0 Å². The van der Waals surface area contributed by atoms with E-state index in [1.54, 1.807) is 11.3 Å². The van der Waals surface area contributed by atoms with Gasteiger partial charge >= 0.3 is 0 Å². The molecule has 1 fully saturated rings. The zero-order valence-electron chi connectivity index (χ0n) is 8.34. The van der Waals surface area contributed by atoms with Gasteiger partial charge in [0.2, 0.25) is 0 Å². The quantitative estimate of drug-likeness (QED) is 0.778. The molecule has 1 N–H and O–H groups in total. The summed E-state index contributed by atoms with van der Waals surface area (Å²) in [6.45, 7) is 5.78. The molecule has 72 valence electrons. The Morgan fingerprint density at radius 1 is 1.62 bits per heavy atom. The van der Waals surface area contributed by atoms with E-state index in [4.69, 9.17) is 0 Å². The zero-order chi connectivity index (χ0) is 9.31. The first kappa shape index (κ1) is 9.22. The Bertz CT molecular complexity index is 262. The average Bonchev–Trinajstić information content (AvgIpc) is 2.69. The Labute approximate surface area is 84.2 Å². The van der Waals surface area contributed by atoms with E-state index in [0.717, 1.165) is 0 Å². The van der Waals surface area contributed by atoms with E-state index in [-0.39, 0.29) is 0 Å². The summed E-state index contributed by atoms with van der Waals surface area (Å²) in [5, 5.41) is 7.97. The van der Waals surface area contributed by atoms with E-state index in [1.165, 1.54) is 24.9 Å². The van der Waals surface area contributed by atoms with Crippen molar-refractivity contribution < 1.29 is 0 Å². The summed E-state index contributed by atoms with van der Waals surface area (Å²) in [7, 11) is 0. The van der Waals surface area contributed by atoms with Gasteiger partial charge < -0.3 is 5.32 Å². The summed E-state index contributed by atoms with van der Waals surface area (Å²) >= 11 is 1.78. The van der Waals surface area contributed by atoms with Gasteiger partial charge in [-0.2, -0.15) is 11.3 Å². The van der Waals surface area contributed by atoms with Crippen molar-refractivity contribution in [1.82, 2.24) is 5.32 Å². The predicted octanol–water partition coefficient (Wildman–Crippen LogP) is 3.20. The average molecular weight is 195 g/mol. The van der Waals surface area contributed by atoms with Crippen LogP contribution in [0.4, 0.5) is 0 Å². The van der Waals surface area contributed by atoms with Gasteiger partial charge in [0, 0.05) is 12.6 Å². The highest BCUT2D eigenvalue weighted by Gasteiger charge is 2.36. The van der Waals surface area contributed by atoms with Gasteiger partial charge in [-0.15, -0.1) is 0 Å². The molecule has 0 saturated heterocycles. The lowest BCUT2D eigenvalue weighted by molar-refractivity contribution is 0.458. The largest absolute Gasteiger partial charge is 0.310 e. The summed E-state index contributed by atoms with van der Waals surface area (Å²) < 4.78 is 0. The lowest BCUT2D eigenvalue weighted by Crippen LogP contribution is -2.24. The van der Waals surface area contributed by atoms with Crippen LogP contribution < -0.4 is 5.32 Å². The molecule has 1 saturated carbocycles. The fourth-order valence-corrected chi connectivity index (χ4v) is 2.18. The maximum Gasteiger partial charge on any atom is 0.0300 e. The summed E-state index contributed by atoms with van der Waals surface area (Å²) in [6.07, 6.45) is 2.80. The molecule has 2 rings (SSSR count). The van der Waals surface area contributed by atoms with Crippen molar-refractivity contribution in [3.63, 3.8) is 0 Å². The molecule has 1 aliphatic rings. The van der Waals surface area contributed by atoms with Crippen molar-refractivity contribution in [2.45, 2.75) is 32.7 Å². The molecule has 0 aromatic carbocycles. The molecule has 1 unspecified atom stereocenters. The summed E-state index contributed by atoms with van der Waals surface area (Å²) in [4.78, 5) is 0. The van der Waals surface area contributed by atoms with Crippen LogP contribution in [-0.4, -0.2) is 6.54 Å². The van der Waals surface area contributed by atoms with Crippen molar-refractivity contribution in [3.05, 3.63) is 22.4 Å². The zero-order valence-corrected chi connectivity index (χ0v) is 9.16. The number of thiophene rings is 1. The lowest BCUT2D eigenvalue weighted by Gasteiger charge is -2.15. The third kappa shape index (κ3) is 2.32. The second-order valence-corrected chi connectivity index (χ2v) is 5.25. The predicted molar refractivity (Wildman–Crippen MR) is 58.1 cm³/mol. The van der Waals surface area contributed by atoms with Crippen LogP contribution in [0.25, 0.3) is 0 Å². The van der Waals surface area contributed by atoms with E-state index in [0.29, 0.717) is 11.5 Å². The molecule has 1 nitrogen and oxygen atoms in total. The van der Waals surface area contributed by atoms with Gasteiger partial charge in [-0.3, -0.25) is 0 Å². The van der Waals surface area contributed by atoms with Gasteiger partial charge in [0.15, 0.2) is 0 Å². The lowest BCUT2D eigenvalue weighted by atomic mass is 10.1. The minimum Gasteiger partial charge on any atom is -0.310 e. The maximum absolute atomic E-state index is 3.59. The monoisotopic (exact) mass is 195 g/mol. The fourth-order valence-electron chi connectivity index (χ4n) is 1.43. The minimum absolute atomic E-state index is 0.517. The van der Waals surface area contributed by atoms with Gasteiger partial charge in [-0.25, -0.2) is 0 Å². The Kier molecular flexibility index (Phi) is 2.43. The molecule has 1 atom stereocenters. The molecule has 2 heteroatoms. The normalized spacial score (nSPS) is 21.4. The Morgan fingerprint density at radius 2 is 2.38 bits per heavy atom. The number of rotatable bonds is 4. The van der Waals surface area contributed by atoms with Crippen molar-refractivity contribution in [3.8, 4) is 0 Å². The molecule has 0 bridgehead atoms. The van der Waals surface area contributed by atoms with Gasteiger partial charge in [-0.1, -0.05) is 6.92 Å². The minimum atomic E-state index is 0.517. The molecular formula is C11H17NS. The van der Waals surface area contributed by atoms with Crippen molar-refractivity contribution in [2.75, 3.05) is 6.54 Å². The van der Waals surface area contributed by atoms with E-state index >= 15 is 0 Å². The summed E-state index contributed by atoms with van der Waals surface area (Å²) in [5.74, 6) is 0. The second kappa shape index (κ2) is 3.43. The number of hydrogen-bond donors (Lipinski definition) is 1. The first-order chi connectivity index (χ1) is 6.20. The molecule has 13 heavy (non-hydrogen) atoms. The van der Waals surface area contributed by atoms with Crippen molar-refractivity contribution in [1.29, 1.82) is 0 Å². The number of hydrogen-bond acceptors (Lipinski definition) is 2. The van der Waals surface area contributed by atoms with Crippen molar-refractivity contribution in [2.24, 2.45) is 5.41 Å². The molecular weight excluding hydrogens is 178 g/mol. The van der Waals surface area contributed by atoms with Gasteiger partial charge in [-0.05, 0) is 47.6 Å². The molecule has 0 aliphatic heterocycles. The Balaban J connectivity index is 1.82. The van der Waals surface area contributed by atoms with Crippen molar-refractivity contribution >= 4 is 11.3 Å². The molecule has 0 spiro atoms. The van der Waals surface area contributed by atoms with E-state index in [1.807, 2.05) is 0 Å². The second-order valence-electron chi connectivity index (χ2n) is 4.47. The first-order valence-corrected chi connectivity index (χ1v) is 5.89. The molecule has 1 aliphatic carbocycles. The Hall–Kier alpha value is -0.340. The van der Waals surface area contributed by atoms with Gasteiger partial charge in [0.25, 0.3) is 0 Å². The highest BCUT2D eigenvalue weighted by molar-refractivity contribution is 7.07. The molecule has 0 radical (unpaired) electrons. The van der Waals surface area contributed by atoms with Crippen LogP contribution in [0, 0.1) is 5.41 Å². The van der Waals surface area contributed by atoms with Crippen LogP contribution in [-0.2, 0) is 0 Å². The van der Waals surface area contributed by atoms with E-state index < -0.39 is 0 Å². The maximum atomic E-state index is 3.59. The summed E-state index contributed by atoms with van der Waals surface area (Å²) in [6, 6.07) is 2.72. The molecule has 1 heterocycles. The highest BCUT2D eigenvalue weighted by atomic mass is 32.1. The van der Waals surface area contributed by atoms with Crippen LogP contribution in [0.2, 0.25) is 0 Å². The standard InChI is InChI=1S/C11H17NS/c1-9(10-3-6-13-7-10)12-8-11(2)4-5-11/h3,6-7,9,12H,4-5,8H2,1-2H3. The van der Waals surface area contributed by atoms with E-state index in [2.05, 4.69) is 36.0 Å². The van der Waals surface area contributed by atoms with Crippen LogP contribution in [0.1, 0.15) is 38.3 Å². The topological polar surface area (TPSA) is 12.0 Å². The SMILES string of the molecule is CC(NCC1(C)CC1)c1ccsc1. The van der Waals surface area contributed by atoms with Gasteiger partial charge in [0.1, 0.15) is 0 Å². The summed E-state index contributed by atoms with van der Waals surface area (Å²) in [5.41, 5.74) is 2.04. The first-order valence-electron chi connectivity index (χ1n) is 4.95. The van der Waals surface area contributed by atoms with Crippen LogP contribution in [0.15, 0.2) is 16.8 Å². The fraction of sp³-hybridized carbons (Fsp3) is 0.636. The van der Waals surface area contributed by atoms with Crippen LogP contribution in [0.5, 0.6) is 0 Å².